The van der Waals surface area contributed by atoms with Gasteiger partial charge in [-0.2, -0.15) is 0 Å². The van der Waals surface area contributed by atoms with Gasteiger partial charge in [0.2, 0.25) is 5.88 Å². The van der Waals surface area contributed by atoms with Crippen molar-refractivity contribution in [1.82, 2.24) is 25.4 Å². The number of H-pyrrole nitrogens is 1. The number of likely N-dealkylation sites (N-methyl/N-ethyl adjacent to an activating group) is 1. The number of nitrogens with zero attached hydrogens (tertiary/aromatic N) is 3. The quantitative estimate of drug-likeness (QED) is 0.606. The average Bonchev–Trinajstić information content (AvgIpc) is 3.08. The summed E-state index contributed by atoms with van der Waals surface area (Å²) in [5, 5.41) is 13.0. The lowest BCUT2D eigenvalue weighted by molar-refractivity contribution is -0.130. The maximum Gasteiger partial charge on any atom is 0.320 e. The molecule has 0 fully saturated rings. The van der Waals surface area contributed by atoms with Gasteiger partial charge in [0.05, 0.1) is 16.9 Å². The Kier molecular flexibility index (Phi) is 5.73. The van der Waals surface area contributed by atoms with E-state index in [9.17, 15) is 9.59 Å². The molecule has 0 radical (unpaired) electrons. The number of nitrogens with one attached hydrogen (secondary N) is 3. The standard InChI is InChI=1S/C19H22N6O3/c1-12(13-7-5-4-6-8-13)21-19(27)22-16-9-15-14(10-20-16)18(24-23-15)28-11-17(26)25(2)3/h4-10,12H,11H2,1-3H3,(H,23,24)(H2,20,21,22,27). The maximum atomic E-state index is 12.2. The minimum atomic E-state index is -0.365. The summed E-state index contributed by atoms with van der Waals surface area (Å²) in [5.74, 6) is 0.475. The van der Waals surface area contributed by atoms with Crippen LogP contribution in [-0.2, 0) is 4.79 Å². The van der Waals surface area contributed by atoms with Crippen LogP contribution in [-0.4, -0.2) is 52.7 Å². The second-order valence-electron chi connectivity index (χ2n) is 6.45. The number of carbonyl (C=O) groups excluding carboxylic acids is 2. The molecule has 9 heteroatoms. The van der Waals surface area contributed by atoms with Gasteiger partial charge >= 0.3 is 6.03 Å². The summed E-state index contributed by atoms with van der Waals surface area (Å²) in [4.78, 5) is 29.5. The van der Waals surface area contributed by atoms with E-state index in [0.29, 0.717) is 16.7 Å². The van der Waals surface area contributed by atoms with Gasteiger partial charge in [0.1, 0.15) is 5.82 Å². The van der Waals surface area contributed by atoms with Gasteiger partial charge in [-0.25, -0.2) is 9.78 Å². The Labute approximate surface area is 162 Å². The normalized spacial score (nSPS) is 11.7. The highest BCUT2D eigenvalue weighted by Gasteiger charge is 2.13. The summed E-state index contributed by atoms with van der Waals surface area (Å²) in [6.07, 6.45) is 1.53. The Morgan fingerprint density at radius 1 is 1.25 bits per heavy atom. The third-order valence-corrected chi connectivity index (χ3v) is 4.13. The first-order valence-corrected chi connectivity index (χ1v) is 8.73. The van der Waals surface area contributed by atoms with E-state index in [4.69, 9.17) is 4.74 Å². The van der Waals surface area contributed by atoms with Crippen molar-refractivity contribution in [3.63, 3.8) is 0 Å². The van der Waals surface area contributed by atoms with Crippen LogP contribution in [0, 0.1) is 0 Å². The summed E-state index contributed by atoms with van der Waals surface area (Å²) >= 11 is 0. The van der Waals surface area contributed by atoms with Gasteiger partial charge in [0.15, 0.2) is 6.61 Å². The molecule has 0 saturated heterocycles. The molecular weight excluding hydrogens is 360 g/mol. The van der Waals surface area contributed by atoms with Crippen LogP contribution >= 0.6 is 0 Å². The minimum Gasteiger partial charge on any atom is -0.466 e. The summed E-state index contributed by atoms with van der Waals surface area (Å²) in [5.41, 5.74) is 1.64. The number of hydrogen-bond donors (Lipinski definition) is 3. The Bertz CT molecular complexity index is 970. The van der Waals surface area contributed by atoms with E-state index in [2.05, 4.69) is 25.8 Å². The molecule has 3 amide bonds. The number of pyridine rings is 1. The van der Waals surface area contributed by atoms with E-state index < -0.39 is 0 Å². The van der Waals surface area contributed by atoms with Crippen LogP contribution in [0.15, 0.2) is 42.6 Å². The molecule has 9 nitrogen and oxygen atoms in total. The molecule has 0 saturated carbocycles. The summed E-state index contributed by atoms with van der Waals surface area (Å²) < 4.78 is 5.43. The third-order valence-electron chi connectivity index (χ3n) is 4.13. The van der Waals surface area contributed by atoms with E-state index in [1.165, 1.54) is 11.1 Å². The van der Waals surface area contributed by atoms with E-state index in [-0.39, 0.29) is 30.5 Å². The summed E-state index contributed by atoms with van der Waals surface area (Å²) in [7, 11) is 3.30. The number of amides is 3. The number of aromatic amines is 1. The van der Waals surface area contributed by atoms with Gasteiger partial charge < -0.3 is 15.0 Å². The highest BCUT2D eigenvalue weighted by molar-refractivity contribution is 5.92. The molecule has 3 N–H and O–H groups in total. The Morgan fingerprint density at radius 2 is 2.00 bits per heavy atom. The molecule has 3 aromatic rings. The number of fused-ring (bicyclic) bond motifs is 1. The zero-order valence-electron chi connectivity index (χ0n) is 15.9. The van der Waals surface area contributed by atoms with Crippen molar-refractivity contribution in [1.29, 1.82) is 0 Å². The van der Waals surface area contributed by atoms with Crippen molar-refractivity contribution in [2.45, 2.75) is 13.0 Å². The molecule has 0 spiro atoms. The number of benzene rings is 1. The Morgan fingerprint density at radius 3 is 2.71 bits per heavy atom. The van der Waals surface area contributed by atoms with Gasteiger partial charge in [0, 0.05) is 26.4 Å². The maximum absolute atomic E-state index is 12.2. The van der Waals surface area contributed by atoms with Gasteiger partial charge in [-0.1, -0.05) is 30.3 Å². The fourth-order valence-corrected chi connectivity index (χ4v) is 2.50. The average molecular weight is 382 g/mol. The predicted octanol–water partition coefficient (Wildman–Crippen LogP) is 2.31. The number of carbonyl (C=O) groups is 2. The fourth-order valence-electron chi connectivity index (χ4n) is 2.50. The van der Waals surface area contributed by atoms with Crippen LogP contribution < -0.4 is 15.4 Å². The first-order chi connectivity index (χ1) is 13.4. The summed E-state index contributed by atoms with van der Waals surface area (Å²) in [6, 6.07) is 10.8. The predicted molar refractivity (Wildman–Crippen MR) is 105 cm³/mol. The van der Waals surface area contributed by atoms with Gasteiger partial charge in [0.25, 0.3) is 5.91 Å². The minimum absolute atomic E-state index is 0.118. The zero-order valence-corrected chi connectivity index (χ0v) is 15.9. The molecule has 0 bridgehead atoms. The number of hydrogen-bond acceptors (Lipinski definition) is 5. The lowest BCUT2D eigenvalue weighted by atomic mass is 10.1. The molecule has 28 heavy (non-hydrogen) atoms. The fraction of sp³-hybridized carbons (Fsp3) is 0.263. The molecule has 0 aliphatic carbocycles. The molecule has 1 aromatic carbocycles. The molecule has 2 heterocycles. The van der Waals surface area contributed by atoms with Crippen molar-refractivity contribution in [2.24, 2.45) is 0 Å². The molecule has 146 valence electrons. The Hall–Kier alpha value is -3.62. The smallest absolute Gasteiger partial charge is 0.320 e. The Balaban J connectivity index is 1.63. The lowest BCUT2D eigenvalue weighted by Gasteiger charge is -2.14. The molecule has 3 rings (SSSR count). The number of aromatic nitrogens is 3. The van der Waals surface area contributed by atoms with E-state index in [1.54, 1.807) is 20.2 Å². The number of anilines is 1. The molecule has 1 atom stereocenters. The molecule has 0 aliphatic rings. The number of rotatable bonds is 6. The number of ether oxygens (including phenoxy) is 1. The monoisotopic (exact) mass is 382 g/mol. The van der Waals surface area contributed by atoms with Gasteiger partial charge in [-0.05, 0) is 12.5 Å². The third kappa shape index (κ3) is 4.56. The second-order valence-corrected chi connectivity index (χ2v) is 6.45. The van der Waals surface area contributed by atoms with Crippen LogP contribution in [0.1, 0.15) is 18.5 Å². The van der Waals surface area contributed by atoms with E-state index in [1.807, 2.05) is 37.3 Å². The van der Waals surface area contributed by atoms with E-state index >= 15 is 0 Å². The molecular formula is C19H22N6O3. The van der Waals surface area contributed by atoms with Crippen molar-refractivity contribution >= 4 is 28.7 Å². The van der Waals surface area contributed by atoms with E-state index in [0.717, 1.165) is 5.56 Å². The highest BCUT2D eigenvalue weighted by atomic mass is 16.5. The summed E-state index contributed by atoms with van der Waals surface area (Å²) in [6.45, 7) is 1.78. The SMILES string of the molecule is CC(NC(=O)Nc1cc2[nH]nc(OCC(=O)N(C)C)c2cn1)c1ccccc1. The van der Waals surface area contributed by atoms with Crippen LogP contribution in [0.25, 0.3) is 10.9 Å². The van der Waals surface area contributed by atoms with Crippen molar-refractivity contribution in [3.05, 3.63) is 48.2 Å². The number of urea groups is 1. The van der Waals surface area contributed by atoms with Crippen LogP contribution in [0.5, 0.6) is 5.88 Å². The van der Waals surface area contributed by atoms with Crippen molar-refractivity contribution in [2.75, 3.05) is 26.0 Å². The molecule has 1 unspecified atom stereocenters. The van der Waals surface area contributed by atoms with Gasteiger partial charge in [-0.15, -0.1) is 5.10 Å². The van der Waals surface area contributed by atoms with Crippen LogP contribution in [0.2, 0.25) is 0 Å². The zero-order chi connectivity index (χ0) is 20.1. The van der Waals surface area contributed by atoms with Crippen LogP contribution in [0.3, 0.4) is 0 Å². The van der Waals surface area contributed by atoms with Gasteiger partial charge in [-0.3, -0.25) is 15.2 Å². The van der Waals surface area contributed by atoms with Crippen molar-refractivity contribution < 1.29 is 14.3 Å². The molecule has 2 aromatic heterocycles. The first-order valence-electron chi connectivity index (χ1n) is 8.73. The first kappa shape index (κ1) is 19.2. The highest BCUT2D eigenvalue weighted by Crippen LogP contribution is 2.23. The lowest BCUT2D eigenvalue weighted by Crippen LogP contribution is -2.31. The molecule has 0 aliphatic heterocycles. The topological polar surface area (TPSA) is 112 Å². The second kappa shape index (κ2) is 8.38. The van der Waals surface area contributed by atoms with Crippen molar-refractivity contribution in [3.8, 4) is 5.88 Å². The van der Waals surface area contributed by atoms with Crippen LogP contribution in [0.4, 0.5) is 10.6 Å². The largest absolute Gasteiger partial charge is 0.466 e.